The second-order valence-corrected chi connectivity index (χ2v) is 5.29. The van der Waals surface area contributed by atoms with Crippen LogP contribution in [-0.4, -0.2) is 12.5 Å². The summed E-state index contributed by atoms with van der Waals surface area (Å²) in [4.78, 5) is 11.8. The molecule has 0 unspecified atom stereocenters. The molecule has 0 bridgehead atoms. The number of amides is 1. The van der Waals surface area contributed by atoms with E-state index < -0.39 is 5.41 Å². The maximum atomic E-state index is 11.8. The Morgan fingerprint density at radius 3 is 2.31 bits per heavy atom. The minimum absolute atomic E-state index is 0. The van der Waals surface area contributed by atoms with Crippen LogP contribution in [0.3, 0.4) is 0 Å². The maximum absolute atomic E-state index is 11.8. The molecule has 1 rings (SSSR count). The van der Waals surface area contributed by atoms with E-state index in [0.717, 1.165) is 9.26 Å². The van der Waals surface area contributed by atoms with Crippen molar-refractivity contribution in [1.29, 1.82) is 0 Å². The molecular weight excluding hydrogens is 338 g/mol. The van der Waals surface area contributed by atoms with Crippen molar-refractivity contribution >= 4 is 46.6 Å². The van der Waals surface area contributed by atoms with Crippen LogP contribution in [0.4, 0.5) is 5.69 Å². The van der Waals surface area contributed by atoms with E-state index >= 15 is 0 Å². The number of nitrogens with one attached hydrogen (secondary N) is 1. The van der Waals surface area contributed by atoms with Gasteiger partial charge in [0.1, 0.15) is 0 Å². The molecule has 16 heavy (non-hydrogen) atoms. The highest BCUT2D eigenvalue weighted by molar-refractivity contribution is 14.1. The fraction of sp³-hybridized carbons (Fsp3) is 0.364. The van der Waals surface area contributed by atoms with Gasteiger partial charge in [-0.3, -0.25) is 4.79 Å². The summed E-state index contributed by atoms with van der Waals surface area (Å²) in [6.45, 7) is 3.99. The highest BCUT2D eigenvalue weighted by Gasteiger charge is 2.25. The van der Waals surface area contributed by atoms with Crippen molar-refractivity contribution in [2.75, 3.05) is 11.9 Å². The SMILES string of the molecule is CC(C)(CN)C(=O)Nc1ccc(I)cc1.Cl. The van der Waals surface area contributed by atoms with E-state index in [1.54, 1.807) is 0 Å². The fourth-order valence-corrected chi connectivity index (χ4v) is 1.29. The van der Waals surface area contributed by atoms with Crippen LogP contribution < -0.4 is 11.1 Å². The van der Waals surface area contributed by atoms with E-state index in [1.165, 1.54) is 0 Å². The first-order chi connectivity index (χ1) is 6.95. The zero-order chi connectivity index (χ0) is 11.5. The molecule has 90 valence electrons. The zero-order valence-corrected chi connectivity index (χ0v) is 12.3. The fourth-order valence-electron chi connectivity index (χ4n) is 0.926. The molecule has 5 heteroatoms. The largest absolute Gasteiger partial charge is 0.329 e. The van der Waals surface area contributed by atoms with Crippen LogP contribution in [0.15, 0.2) is 24.3 Å². The molecule has 3 nitrogen and oxygen atoms in total. The molecule has 0 fully saturated rings. The molecule has 0 radical (unpaired) electrons. The molecule has 3 N–H and O–H groups in total. The first-order valence-corrected chi connectivity index (χ1v) is 5.81. The molecular formula is C11H16ClIN2O. The maximum Gasteiger partial charge on any atom is 0.231 e. The smallest absolute Gasteiger partial charge is 0.231 e. The number of nitrogens with two attached hydrogens (primary N) is 1. The highest BCUT2D eigenvalue weighted by Crippen LogP contribution is 2.17. The van der Waals surface area contributed by atoms with E-state index in [4.69, 9.17) is 5.73 Å². The van der Waals surface area contributed by atoms with Gasteiger partial charge in [-0.2, -0.15) is 0 Å². The Morgan fingerprint density at radius 1 is 1.38 bits per heavy atom. The number of rotatable bonds is 3. The van der Waals surface area contributed by atoms with Crippen LogP contribution >= 0.6 is 35.0 Å². The average molecular weight is 355 g/mol. The van der Waals surface area contributed by atoms with E-state index in [1.807, 2.05) is 38.1 Å². The Balaban J connectivity index is 0.00000225. The Bertz CT molecular complexity index is 352. The van der Waals surface area contributed by atoms with Crippen molar-refractivity contribution in [3.05, 3.63) is 27.8 Å². The first-order valence-electron chi connectivity index (χ1n) is 4.73. The summed E-state index contributed by atoms with van der Waals surface area (Å²) in [5.74, 6) is -0.0498. The summed E-state index contributed by atoms with van der Waals surface area (Å²) < 4.78 is 1.14. The van der Waals surface area contributed by atoms with E-state index in [-0.39, 0.29) is 18.3 Å². The van der Waals surface area contributed by atoms with Crippen LogP contribution in [0.25, 0.3) is 0 Å². The van der Waals surface area contributed by atoms with Crippen LogP contribution in [0.1, 0.15) is 13.8 Å². The van der Waals surface area contributed by atoms with E-state index in [0.29, 0.717) is 6.54 Å². The Hall–Kier alpha value is -0.330. The lowest BCUT2D eigenvalue weighted by molar-refractivity contribution is -0.123. The molecule has 0 saturated carbocycles. The van der Waals surface area contributed by atoms with Crippen LogP contribution in [-0.2, 0) is 4.79 Å². The van der Waals surface area contributed by atoms with Gasteiger partial charge in [-0.25, -0.2) is 0 Å². The summed E-state index contributed by atoms with van der Waals surface area (Å²) in [6.07, 6.45) is 0. The molecule has 0 atom stereocenters. The van der Waals surface area contributed by atoms with Crippen molar-refractivity contribution < 1.29 is 4.79 Å². The number of anilines is 1. The summed E-state index contributed by atoms with van der Waals surface area (Å²) in [5, 5.41) is 2.84. The Labute approximate surface area is 116 Å². The third-order valence-electron chi connectivity index (χ3n) is 2.23. The minimum Gasteiger partial charge on any atom is -0.329 e. The molecule has 0 aliphatic rings. The third-order valence-corrected chi connectivity index (χ3v) is 2.95. The minimum atomic E-state index is -0.525. The van der Waals surface area contributed by atoms with Crippen molar-refractivity contribution in [3.63, 3.8) is 0 Å². The lowest BCUT2D eigenvalue weighted by Gasteiger charge is -2.21. The van der Waals surface area contributed by atoms with Crippen molar-refractivity contribution in [1.82, 2.24) is 0 Å². The highest BCUT2D eigenvalue weighted by atomic mass is 127. The van der Waals surface area contributed by atoms with Crippen molar-refractivity contribution in [2.45, 2.75) is 13.8 Å². The average Bonchev–Trinajstić information content (AvgIpc) is 2.21. The van der Waals surface area contributed by atoms with Crippen molar-refractivity contribution in [3.8, 4) is 0 Å². The third kappa shape index (κ3) is 4.27. The van der Waals surface area contributed by atoms with Gasteiger partial charge in [-0.1, -0.05) is 0 Å². The predicted octanol–water partition coefficient (Wildman–Crippen LogP) is 2.64. The quantitative estimate of drug-likeness (QED) is 0.820. The normalized spacial score (nSPS) is 10.5. The summed E-state index contributed by atoms with van der Waals surface area (Å²) >= 11 is 2.22. The number of hydrogen-bond acceptors (Lipinski definition) is 2. The van der Waals surface area contributed by atoms with Gasteiger partial charge >= 0.3 is 0 Å². The van der Waals surface area contributed by atoms with E-state index in [9.17, 15) is 4.79 Å². The van der Waals surface area contributed by atoms with E-state index in [2.05, 4.69) is 27.9 Å². The first kappa shape index (κ1) is 15.7. The Kier molecular flexibility index (Phi) is 6.28. The lowest BCUT2D eigenvalue weighted by atomic mass is 9.92. The number of halogens is 2. The molecule has 1 aromatic carbocycles. The van der Waals surface area contributed by atoms with Gasteiger partial charge in [0.25, 0.3) is 0 Å². The molecule has 0 saturated heterocycles. The molecule has 1 aromatic rings. The van der Waals surface area contributed by atoms with Gasteiger partial charge in [0.05, 0.1) is 5.41 Å². The van der Waals surface area contributed by atoms with Gasteiger partial charge in [0, 0.05) is 15.8 Å². The second kappa shape index (κ2) is 6.42. The monoisotopic (exact) mass is 354 g/mol. The van der Waals surface area contributed by atoms with Gasteiger partial charge in [0.2, 0.25) is 5.91 Å². The zero-order valence-electron chi connectivity index (χ0n) is 9.29. The molecule has 0 heterocycles. The topological polar surface area (TPSA) is 55.1 Å². The Morgan fingerprint density at radius 2 is 1.88 bits per heavy atom. The predicted molar refractivity (Wildman–Crippen MR) is 77.9 cm³/mol. The summed E-state index contributed by atoms with van der Waals surface area (Å²) in [6, 6.07) is 7.66. The van der Waals surface area contributed by atoms with Crippen LogP contribution in [0.2, 0.25) is 0 Å². The molecule has 0 aromatic heterocycles. The standard InChI is InChI=1S/C11H15IN2O.ClH/c1-11(2,7-13)10(15)14-9-5-3-8(12)4-6-9;/h3-6H,7,13H2,1-2H3,(H,14,15);1H. The molecule has 1 amide bonds. The van der Waals surface area contributed by atoms with Gasteiger partial charge in [-0.05, 0) is 60.7 Å². The number of carbonyl (C=O) groups excluding carboxylic acids is 1. The summed E-state index contributed by atoms with van der Waals surface area (Å²) in [5.41, 5.74) is 5.81. The van der Waals surface area contributed by atoms with Gasteiger partial charge in [0.15, 0.2) is 0 Å². The number of benzene rings is 1. The molecule has 0 aliphatic carbocycles. The summed E-state index contributed by atoms with van der Waals surface area (Å²) in [7, 11) is 0. The second-order valence-electron chi connectivity index (χ2n) is 4.05. The van der Waals surface area contributed by atoms with Gasteiger partial charge in [-0.15, -0.1) is 12.4 Å². The number of hydrogen-bond donors (Lipinski definition) is 2. The molecule has 0 aliphatic heterocycles. The van der Waals surface area contributed by atoms with Gasteiger partial charge < -0.3 is 11.1 Å². The molecule has 0 spiro atoms. The number of carbonyl (C=O) groups is 1. The lowest BCUT2D eigenvalue weighted by Crippen LogP contribution is -2.37. The van der Waals surface area contributed by atoms with Crippen LogP contribution in [0, 0.1) is 8.99 Å². The van der Waals surface area contributed by atoms with Crippen LogP contribution in [0.5, 0.6) is 0 Å². The van der Waals surface area contributed by atoms with Crippen molar-refractivity contribution in [2.24, 2.45) is 11.1 Å².